The zero-order valence-corrected chi connectivity index (χ0v) is 32.6. The van der Waals surface area contributed by atoms with Gasteiger partial charge in [0, 0.05) is 48.3 Å². The molecule has 0 radical (unpaired) electrons. The highest BCUT2D eigenvalue weighted by atomic mass is 32.2. The van der Waals surface area contributed by atoms with Gasteiger partial charge in [0.1, 0.15) is 30.1 Å². The van der Waals surface area contributed by atoms with Crippen molar-refractivity contribution in [3.8, 4) is 22.6 Å². The molecule has 0 fully saturated rings. The topological polar surface area (TPSA) is 101 Å². The van der Waals surface area contributed by atoms with Crippen LogP contribution in [0.5, 0.6) is 11.5 Å². The summed E-state index contributed by atoms with van der Waals surface area (Å²) >= 11 is 1.01. The fraction of sp³-hybridized carbons (Fsp3) is 0.250. The smallest absolute Gasteiger partial charge is 0.407 e. The second kappa shape index (κ2) is 19.3. The monoisotopic (exact) mass is 796 g/mol. The van der Waals surface area contributed by atoms with Crippen LogP contribution in [0.15, 0.2) is 114 Å². The number of benzene rings is 5. The molecule has 1 atom stereocenters. The number of nitrogens with zero attached hydrogens (tertiary/aromatic N) is 2. The van der Waals surface area contributed by atoms with Gasteiger partial charge in [0.05, 0.1) is 14.2 Å². The Bertz CT molecular complexity index is 2160. The molecule has 0 heterocycles. The van der Waals surface area contributed by atoms with Crippen molar-refractivity contribution in [2.45, 2.75) is 37.0 Å². The lowest BCUT2D eigenvalue weighted by Crippen LogP contribution is -2.36. The van der Waals surface area contributed by atoms with Gasteiger partial charge in [-0.05, 0) is 90.0 Å². The van der Waals surface area contributed by atoms with Crippen molar-refractivity contribution in [2.75, 3.05) is 44.6 Å². The van der Waals surface area contributed by atoms with Crippen molar-refractivity contribution in [1.82, 2.24) is 5.32 Å². The van der Waals surface area contributed by atoms with Gasteiger partial charge in [-0.25, -0.2) is 23.0 Å². The van der Waals surface area contributed by atoms with Gasteiger partial charge in [-0.1, -0.05) is 66.4 Å². The molecule has 5 aromatic rings. The normalized spacial score (nSPS) is 12.6. The van der Waals surface area contributed by atoms with Gasteiger partial charge in [0.2, 0.25) is 0 Å². The van der Waals surface area contributed by atoms with E-state index >= 15 is 0 Å². The molecule has 0 saturated heterocycles. The third kappa shape index (κ3) is 10.1. The lowest BCUT2D eigenvalue weighted by Gasteiger charge is -2.24. The molecule has 1 aliphatic rings. The van der Waals surface area contributed by atoms with Crippen LogP contribution < -0.4 is 25.0 Å². The third-order valence-electron chi connectivity index (χ3n) is 9.67. The van der Waals surface area contributed by atoms with Gasteiger partial charge >= 0.3 is 6.09 Å². The van der Waals surface area contributed by atoms with E-state index in [1.54, 1.807) is 25.2 Å². The fourth-order valence-corrected chi connectivity index (χ4v) is 7.59. The number of nitrogens with one attached hydrogen (secondary N) is 2. The molecule has 2 amide bonds. The first-order valence-corrected chi connectivity index (χ1v) is 19.4. The van der Waals surface area contributed by atoms with Gasteiger partial charge in [-0.3, -0.25) is 4.79 Å². The average Bonchev–Trinajstić information content (AvgIpc) is 3.55. The van der Waals surface area contributed by atoms with Crippen LogP contribution in [0.3, 0.4) is 0 Å². The number of likely N-dealkylation sites (N-methyl/N-ethyl adjacent to an activating group) is 1. The SMILES string of the molecule is COc1ccc(N(C)C(=O)C(CCCCNC(=O)OCC2c3ccccc3-c3ccccc32)N=C(Nc2ccc(F)cc2)SCc2c(F)cccc2F)cc1OC. The van der Waals surface area contributed by atoms with Gasteiger partial charge < -0.3 is 29.7 Å². The molecule has 296 valence electrons. The summed E-state index contributed by atoms with van der Waals surface area (Å²) in [4.78, 5) is 33.3. The van der Waals surface area contributed by atoms with Crippen LogP contribution >= 0.6 is 11.8 Å². The van der Waals surface area contributed by atoms with Crippen LogP contribution in [0.2, 0.25) is 0 Å². The standard InChI is InChI=1S/C44H43F3N4O5S/c1-51(30-22-23-40(54-2)41(25-30)55-3)42(52)39(50-43(49-29-20-18-28(45)19-21-29)57-27-36-37(46)15-10-16-38(36)47)17-8-9-24-48-44(53)56-26-35-33-13-6-4-11-31(33)32-12-5-7-14-34(32)35/h4-7,10-16,18-23,25,35,39H,8-9,17,24,26-27H2,1-3H3,(H,48,53)(H,49,50). The Morgan fingerprint density at radius 2 is 1.46 bits per heavy atom. The number of fused-ring (bicyclic) bond motifs is 3. The largest absolute Gasteiger partial charge is 0.493 e. The molecule has 5 aromatic carbocycles. The van der Waals surface area contributed by atoms with E-state index in [0.717, 1.165) is 34.0 Å². The molecule has 1 unspecified atom stereocenters. The molecule has 13 heteroatoms. The average molecular weight is 797 g/mol. The van der Waals surface area contributed by atoms with Crippen molar-refractivity contribution in [2.24, 2.45) is 4.99 Å². The molecule has 1 aliphatic carbocycles. The number of aliphatic imine (C=N–C) groups is 1. The second-order valence-electron chi connectivity index (χ2n) is 13.3. The maximum atomic E-state index is 14.6. The van der Waals surface area contributed by atoms with Crippen LogP contribution in [-0.4, -0.2) is 57.6 Å². The van der Waals surface area contributed by atoms with E-state index in [0.29, 0.717) is 35.7 Å². The molecule has 2 N–H and O–H groups in total. The third-order valence-corrected chi connectivity index (χ3v) is 10.6. The number of amidine groups is 1. The highest BCUT2D eigenvalue weighted by molar-refractivity contribution is 8.13. The first kappa shape index (κ1) is 40.7. The summed E-state index contributed by atoms with van der Waals surface area (Å²) in [6, 6.07) is 29.5. The number of thioether (sulfide) groups is 1. The molecule has 0 bridgehead atoms. The zero-order valence-electron chi connectivity index (χ0n) is 31.8. The number of methoxy groups -OCH3 is 2. The summed E-state index contributed by atoms with van der Waals surface area (Å²) in [5.74, 6) is -1.54. The number of rotatable bonds is 15. The molecular weight excluding hydrogens is 754 g/mol. The summed E-state index contributed by atoms with van der Waals surface area (Å²) in [6.07, 6.45) is 0.683. The van der Waals surface area contributed by atoms with E-state index in [2.05, 4.69) is 34.9 Å². The molecule has 6 rings (SSSR count). The highest BCUT2D eigenvalue weighted by Crippen LogP contribution is 2.44. The summed E-state index contributed by atoms with van der Waals surface area (Å²) in [5, 5.41) is 6.11. The maximum Gasteiger partial charge on any atom is 0.407 e. The lowest BCUT2D eigenvalue weighted by molar-refractivity contribution is -0.119. The van der Waals surface area contributed by atoms with Crippen molar-refractivity contribution in [3.05, 3.63) is 143 Å². The predicted molar refractivity (Wildman–Crippen MR) is 219 cm³/mol. The number of halogens is 3. The fourth-order valence-electron chi connectivity index (χ4n) is 6.64. The number of hydrogen-bond donors (Lipinski definition) is 2. The van der Waals surface area contributed by atoms with Crippen molar-refractivity contribution >= 4 is 40.3 Å². The van der Waals surface area contributed by atoms with Crippen LogP contribution in [0.1, 0.15) is 41.9 Å². The number of anilines is 2. The van der Waals surface area contributed by atoms with Crippen molar-refractivity contribution < 1.29 is 37.0 Å². The molecule has 0 saturated carbocycles. The van der Waals surface area contributed by atoms with E-state index in [-0.39, 0.29) is 47.9 Å². The minimum Gasteiger partial charge on any atom is -0.493 e. The number of ether oxygens (including phenoxy) is 3. The maximum absolute atomic E-state index is 14.6. The van der Waals surface area contributed by atoms with E-state index in [1.807, 2.05) is 24.3 Å². The molecule has 57 heavy (non-hydrogen) atoms. The van der Waals surface area contributed by atoms with Gasteiger partial charge in [-0.2, -0.15) is 0 Å². The van der Waals surface area contributed by atoms with Gasteiger partial charge in [-0.15, -0.1) is 0 Å². The highest BCUT2D eigenvalue weighted by Gasteiger charge is 2.29. The number of carbonyl (C=O) groups is 2. The van der Waals surface area contributed by atoms with E-state index in [4.69, 9.17) is 19.2 Å². The summed E-state index contributed by atoms with van der Waals surface area (Å²) in [5.41, 5.74) is 5.34. The Hall–Kier alpha value is -5.95. The quantitative estimate of drug-likeness (QED) is 0.0619. The zero-order chi connectivity index (χ0) is 40.3. The van der Waals surface area contributed by atoms with E-state index in [9.17, 15) is 22.8 Å². The van der Waals surface area contributed by atoms with Crippen LogP contribution in [0.4, 0.5) is 29.3 Å². The summed E-state index contributed by atoms with van der Waals surface area (Å²) < 4.78 is 59.5. The summed E-state index contributed by atoms with van der Waals surface area (Å²) in [6.45, 7) is 0.473. The Morgan fingerprint density at radius 3 is 2.11 bits per heavy atom. The number of alkyl carbamates (subject to hydrolysis) is 1. The van der Waals surface area contributed by atoms with Crippen LogP contribution in [0, 0.1) is 17.5 Å². The Kier molecular flexibility index (Phi) is 13.8. The number of hydrogen-bond acceptors (Lipinski definition) is 7. The minimum absolute atomic E-state index is 0.0686. The second-order valence-corrected chi connectivity index (χ2v) is 14.2. The predicted octanol–water partition coefficient (Wildman–Crippen LogP) is 9.56. The van der Waals surface area contributed by atoms with Crippen molar-refractivity contribution in [1.29, 1.82) is 0 Å². The Morgan fingerprint density at radius 1 is 0.807 bits per heavy atom. The molecule has 9 nitrogen and oxygen atoms in total. The Balaban J connectivity index is 1.15. The lowest BCUT2D eigenvalue weighted by atomic mass is 9.98. The Labute approximate surface area is 334 Å². The van der Waals surface area contributed by atoms with Gasteiger partial charge in [0.25, 0.3) is 5.91 Å². The van der Waals surface area contributed by atoms with Crippen molar-refractivity contribution in [3.63, 3.8) is 0 Å². The minimum atomic E-state index is -0.974. The number of carbonyl (C=O) groups excluding carboxylic acids is 2. The summed E-state index contributed by atoms with van der Waals surface area (Å²) in [7, 11) is 4.62. The molecule has 0 spiro atoms. The number of unbranched alkanes of at least 4 members (excludes halogenated alkanes) is 1. The number of amides is 2. The molecule has 0 aromatic heterocycles. The van der Waals surface area contributed by atoms with E-state index < -0.39 is 29.6 Å². The first-order valence-electron chi connectivity index (χ1n) is 18.4. The van der Waals surface area contributed by atoms with Crippen LogP contribution in [0.25, 0.3) is 11.1 Å². The van der Waals surface area contributed by atoms with E-state index in [1.165, 1.54) is 61.6 Å². The molecule has 0 aliphatic heterocycles. The molecular formula is C44H43F3N4O5S. The van der Waals surface area contributed by atoms with Crippen LogP contribution in [-0.2, 0) is 15.3 Å². The van der Waals surface area contributed by atoms with Gasteiger partial charge in [0.15, 0.2) is 16.7 Å². The first-order chi connectivity index (χ1) is 27.7.